The fourth-order valence-electron chi connectivity index (χ4n) is 3.29. The Labute approximate surface area is 201 Å². The van der Waals surface area contributed by atoms with Crippen molar-refractivity contribution in [3.05, 3.63) is 65.2 Å². The van der Waals surface area contributed by atoms with Crippen LogP contribution in [-0.2, 0) is 20.7 Å². The van der Waals surface area contributed by atoms with Crippen LogP contribution in [0.5, 0.6) is 0 Å². The predicted molar refractivity (Wildman–Crippen MR) is 133 cm³/mol. The van der Waals surface area contributed by atoms with Gasteiger partial charge in [0.1, 0.15) is 17.7 Å². The molecule has 0 aliphatic carbocycles. The van der Waals surface area contributed by atoms with E-state index in [1.807, 2.05) is 44.2 Å². The Kier molecular flexibility index (Phi) is 8.85. The molecule has 2 unspecified atom stereocenters. The third-order valence-corrected chi connectivity index (χ3v) is 5.09. The van der Waals surface area contributed by atoms with E-state index in [2.05, 4.69) is 16.7 Å². The number of hydrogen-bond donors (Lipinski definition) is 2. The number of amides is 3. The van der Waals surface area contributed by atoms with E-state index in [0.717, 1.165) is 22.4 Å². The molecule has 7 nitrogen and oxygen atoms in total. The Bertz CT molecular complexity index is 1060. The van der Waals surface area contributed by atoms with E-state index < -0.39 is 35.6 Å². The lowest BCUT2D eigenvalue weighted by molar-refractivity contribution is -0.136. The minimum atomic E-state index is -1.11. The molecule has 0 bridgehead atoms. The van der Waals surface area contributed by atoms with Gasteiger partial charge in [-0.1, -0.05) is 55.8 Å². The SMILES string of the molecule is C#CN(C(=O)C(C)NC(=O)OC(C)(C)C)C(C(=O)Nc1ccccc1C)c1ccc(CC)cc1. The molecule has 7 heteroatoms. The largest absolute Gasteiger partial charge is 0.444 e. The maximum absolute atomic E-state index is 13.4. The average molecular weight is 464 g/mol. The molecule has 0 radical (unpaired) electrons. The van der Waals surface area contributed by atoms with Gasteiger partial charge in [-0.3, -0.25) is 14.5 Å². The van der Waals surface area contributed by atoms with E-state index in [0.29, 0.717) is 11.3 Å². The summed E-state index contributed by atoms with van der Waals surface area (Å²) in [5.74, 6) is -1.08. The monoisotopic (exact) mass is 463 g/mol. The number of benzene rings is 2. The average Bonchev–Trinajstić information content (AvgIpc) is 2.77. The Morgan fingerprint density at radius 1 is 1.09 bits per heavy atom. The van der Waals surface area contributed by atoms with Crippen LogP contribution in [0.4, 0.5) is 10.5 Å². The number of para-hydroxylation sites is 1. The van der Waals surface area contributed by atoms with Gasteiger partial charge in [-0.25, -0.2) is 4.79 Å². The molecule has 180 valence electrons. The number of terminal acetylenes is 1. The van der Waals surface area contributed by atoms with Crippen LogP contribution >= 0.6 is 0 Å². The summed E-state index contributed by atoms with van der Waals surface area (Å²) in [6.07, 6.45) is 5.81. The molecule has 3 amide bonds. The molecular formula is C27H33N3O4. The van der Waals surface area contributed by atoms with Gasteiger partial charge in [0.25, 0.3) is 11.8 Å². The van der Waals surface area contributed by atoms with E-state index in [1.165, 1.54) is 6.92 Å². The molecule has 0 spiro atoms. The highest BCUT2D eigenvalue weighted by Crippen LogP contribution is 2.25. The molecule has 2 rings (SSSR count). The highest BCUT2D eigenvalue weighted by Gasteiger charge is 2.34. The maximum atomic E-state index is 13.4. The minimum Gasteiger partial charge on any atom is -0.444 e. The van der Waals surface area contributed by atoms with Gasteiger partial charge in [-0.2, -0.15) is 0 Å². The Morgan fingerprint density at radius 3 is 2.24 bits per heavy atom. The zero-order valence-electron chi connectivity index (χ0n) is 20.6. The standard InChI is InChI=1S/C27H33N3O4/c1-8-20-14-16-21(17-15-20)23(24(31)29-22-13-11-10-12-18(22)3)30(9-2)25(32)19(4)28-26(33)34-27(5,6)7/h2,10-17,19,23H,8H2,1,3-7H3,(H,28,33)(H,29,31). The van der Waals surface area contributed by atoms with Crippen LogP contribution in [0.1, 0.15) is 57.4 Å². The molecule has 0 saturated carbocycles. The van der Waals surface area contributed by atoms with Gasteiger partial charge >= 0.3 is 6.09 Å². The van der Waals surface area contributed by atoms with Crippen LogP contribution in [0.3, 0.4) is 0 Å². The first-order valence-electron chi connectivity index (χ1n) is 11.2. The van der Waals surface area contributed by atoms with E-state index in [1.54, 1.807) is 39.0 Å². The third kappa shape index (κ3) is 7.11. The smallest absolute Gasteiger partial charge is 0.408 e. The number of nitrogens with one attached hydrogen (secondary N) is 2. The van der Waals surface area contributed by atoms with Gasteiger partial charge in [0.15, 0.2) is 0 Å². The molecule has 2 atom stereocenters. The fraction of sp³-hybridized carbons (Fsp3) is 0.370. The van der Waals surface area contributed by atoms with Crippen LogP contribution < -0.4 is 10.6 Å². The van der Waals surface area contributed by atoms with Crippen LogP contribution in [0.25, 0.3) is 0 Å². The summed E-state index contributed by atoms with van der Waals surface area (Å²) >= 11 is 0. The van der Waals surface area contributed by atoms with Gasteiger partial charge in [0.05, 0.1) is 0 Å². The number of carbonyl (C=O) groups excluding carboxylic acids is 3. The number of aryl methyl sites for hydroxylation is 2. The van der Waals surface area contributed by atoms with Crippen molar-refractivity contribution >= 4 is 23.6 Å². The summed E-state index contributed by atoms with van der Waals surface area (Å²) in [7, 11) is 0. The Balaban J connectivity index is 2.37. The molecule has 2 N–H and O–H groups in total. The molecule has 0 heterocycles. The molecule has 2 aromatic rings. The van der Waals surface area contributed by atoms with Gasteiger partial charge in [-0.15, -0.1) is 0 Å². The second-order valence-corrected chi connectivity index (χ2v) is 9.01. The first-order valence-corrected chi connectivity index (χ1v) is 11.2. The number of alkyl carbamates (subject to hydrolysis) is 1. The summed E-state index contributed by atoms with van der Waals surface area (Å²) in [5.41, 5.74) is 2.40. The van der Waals surface area contributed by atoms with Crippen molar-refractivity contribution in [2.24, 2.45) is 0 Å². The third-order valence-electron chi connectivity index (χ3n) is 5.09. The van der Waals surface area contributed by atoms with Crippen molar-refractivity contribution in [3.63, 3.8) is 0 Å². The summed E-state index contributed by atoms with van der Waals surface area (Å²) in [5, 5.41) is 5.37. The molecule has 0 aliphatic heterocycles. The summed E-state index contributed by atoms with van der Waals surface area (Å²) < 4.78 is 5.23. The second-order valence-electron chi connectivity index (χ2n) is 9.01. The topological polar surface area (TPSA) is 87.7 Å². The van der Waals surface area contributed by atoms with Gasteiger partial charge < -0.3 is 15.4 Å². The van der Waals surface area contributed by atoms with Gasteiger partial charge in [0, 0.05) is 11.7 Å². The molecule has 0 saturated heterocycles. The molecule has 0 fully saturated rings. The lowest BCUT2D eigenvalue weighted by Gasteiger charge is -2.29. The number of carbonyl (C=O) groups is 3. The van der Waals surface area contributed by atoms with Crippen molar-refractivity contribution in [1.82, 2.24) is 10.2 Å². The van der Waals surface area contributed by atoms with Crippen LogP contribution in [-0.4, -0.2) is 34.5 Å². The Morgan fingerprint density at radius 2 is 1.71 bits per heavy atom. The fourth-order valence-corrected chi connectivity index (χ4v) is 3.29. The van der Waals surface area contributed by atoms with Crippen LogP contribution in [0, 0.1) is 19.4 Å². The number of anilines is 1. The zero-order chi connectivity index (χ0) is 25.5. The highest BCUT2D eigenvalue weighted by molar-refractivity contribution is 5.99. The highest BCUT2D eigenvalue weighted by atomic mass is 16.6. The van der Waals surface area contributed by atoms with Crippen molar-refractivity contribution in [2.45, 2.75) is 65.6 Å². The van der Waals surface area contributed by atoms with Crippen molar-refractivity contribution in [3.8, 4) is 12.5 Å². The van der Waals surface area contributed by atoms with E-state index >= 15 is 0 Å². The van der Waals surface area contributed by atoms with Crippen molar-refractivity contribution < 1.29 is 19.1 Å². The van der Waals surface area contributed by atoms with Gasteiger partial charge in [0.2, 0.25) is 0 Å². The number of hydrogen-bond acceptors (Lipinski definition) is 4. The summed E-state index contributed by atoms with van der Waals surface area (Å²) in [4.78, 5) is 39.9. The van der Waals surface area contributed by atoms with Crippen molar-refractivity contribution in [1.29, 1.82) is 0 Å². The summed E-state index contributed by atoms with van der Waals surface area (Å²) in [6, 6.07) is 14.9. The van der Waals surface area contributed by atoms with Crippen molar-refractivity contribution in [2.75, 3.05) is 5.32 Å². The number of ether oxygens (including phenoxy) is 1. The second kappa shape index (κ2) is 11.4. The van der Waals surface area contributed by atoms with Gasteiger partial charge in [-0.05, 0) is 63.8 Å². The first kappa shape index (κ1) is 26.5. The van der Waals surface area contributed by atoms with Crippen LogP contribution in [0.2, 0.25) is 0 Å². The zero-order valence-corrected chi connectivity index (χ0v) is 20.6. The molecule has 34 heavy (non-hydrogen) atoms. The lowest BCUT2D eigenvalue weighted by Crippen LogP contribution is -2.49. The van der Waals surface area contributed by atoms with E-state index in [-0.39, 0.29) is 0 Å². The molecule has 2 aromatic carbocycles. The molecule has 0 aromatic heterocycles. The van der Waals surface area contributed by atoms with E-state index in [9.17, 15) is 14.4 Å². The Hall–Kier alpha value is -3.79. The number of rotatable bonds is 7. The van der Waals surface area contributed by atoms with Crippen LogP contribution in [0.15, 0.2) is 48.5 Å². The molecule has 0 aliphatic rings. The summed E-state index contributed by atoms with van der Waals surface area (Å²) in [6.45, 7) is 10.6. The normalized spacial score (nSPS) is 12.6. The molecular weight excluding hydrogens is 430 g/mol. The maximum Gasteiger partial charge on any atom is 0.408 e. The first-order chi connectivity index (χ1) is 16.0. The van der Waals surface area contributed by atoms with E-state index in [4.69, 9.17) is 11.2 Å². The number of nitrogens with zero attached hydrogens (tertiary/aromatic N) is 1. The quantitative estimate of drug-likeness (QED) is 0.465. The predicted octanol–water partition coefficient (Wildman–Crippen LogP) is 4.57. The minimum absolute atomic E-state index is 0.464. The lowest BCUT2D eigenvalue weighted by atomic mass is 10.0.